The normalized spacial score (nSPS) is 14.3. The highest BCUT2D eigenvalue weighted by molar-refractivity contribution is 5.67. The molecule has 2 aromatic carbocycles. The van der Waals surface area contributed by atoms with E-state index in [0.717, 1.165) is 11.3 Å². The molecule has 1 aliphatic rings. The van der Waals surface area contributed by atoms with Crippen molar-refractivity contribution in [3.63, 3.8) is 0 Å². The van der Waals surface area contributed by atoms with Gasteiger partial charge in [0.15, 0.2) is 5.76 Å². The van der Waals surface area contributed by atoms with E-state index in [1.165, 1.54) is 11.1 Å². The molecule has 2 nitrogen and oxygen atoms in total. The van der Waals surface area contributed by atoms with Crippen LogP contribution in [0.15, 0.2) is 60.9 Å². The second-order valence-corrected chi connectivity index (χ2v) is 4.14. The van der Waals surface area contributed by atoms with Crippen LogP contribution in [0.3, 0.4) is 0 Å². The number of benzene rings is 2. The molecule has 0 amide bonds. The van der Waals surface area contributed by atoms with Crippen molar-refractivity contribution >= 4 is 5.76 Å². The fourth-order valence-corrected chi connectivity index (χ4v) is 1.98. The first-order valence-corrected chi connectivity index (χ1v) is 6.04. The van der Waals surface area contributed by atoms with Gasteiger partial charge in [0.2, 0.25) is 0 Å². The Hall–Kier alpha value is -2.22. The molecule has 2 aromatic rings. The van der Waals surface area contributed by atoms with Crippen LogP contribution in [-0.4, -0.2) is 13.2 Å². The van der Waals surface area contributed by atoms with Crippen molar-refractivity contribution in [1.82, 2.24) is 0 Å². The minimum absolute atomic E-state index is 0.617. The maximum Gasteiger partial charge on any atom is 0.161 e. The molecule has 18 heavy (non-hydrogen) atoms. The lowest BCUT2D eigenvalue weighted by Crippen LogP contribution is -2.07. The fourth-order valence-electron chi connectivity index (χ4n) is 1.98. The molecule has 3 rings (SSSR count). The molecule has 90 valence electrons. The van der Waals surface area contributed by atoms with Crippen molar-refractivity contribution in [2.24, 2.45) is 0 Å². The van der Waals surface area contributed by atoms with Gasteiger partial charge in [0.05, 0.1) is 0 Å². The number of ether oxygens (including phenoxy) is 2. The summed E-state index contributed by atoms with van der Waals surface area (Å²) < 4.78 is 10.8. The van der Waals surface area contributed by atoms with Gasteiger partial charge < -0.3 is 9.47 Å². The lowest BCUT2D eigenvalue weighted by molar-refractivity contribution is 0.125. The molecule has 2 heteroatoms. The van der Waals surface area contributed by atoms with Gasteiger partial charge >= 0.3 is 0 Å². The van der Waals surface area contributed by atoms with Gasteiger partial charge in [-0.25, -0.2) is 0 Å². The fraction of sp³-hybridized carbons (Fsp3) is 0.125. The molecule has 0 spiro atoms. The Kier molecular flexibility index (Phi) is 3.01. The molecule has 0 N–H and O–H groups in total. The summed E-state index contributed by atoms with van der Waals surface area (Å²) in [5, 5.41) is 0. The summed E-state index contributed by atoms with van der Waals surface area (Å²) in [4.78, 5) is 0. The third-order valence-electron chi connectivity index (χ3n) is 2.93. The zero-order valence-electron chi connectivity index (χ0n) is 10.0. The molecule has 1 heterocycles. The van der Waals surface area contributed by atoms with Crippen LogP contribution < -0.4 is 0 Å². The van der Waals surface area contributed by atoms with Crippen LogP contribution in [0.5, 0.6) is 0 Å². The lowest BCUT2D eigenvalue weighted by Gasteiger charge is -2.15. The van der Waals surface area contributed by atoms with Crippen molar-refractivity contribution in [3.8, 4) is 11.1 Å². The summed E-state index contributed by atoms with van der Waals surface area (Å²) in [7, 11) is 0. The van der Waals surface area contributed by atoms with Gasteiger partial charge in [0.25, 0.3) is 0 Å². The summed E-state index contributed by atoms with van der Waals surface area (Å²) in [6.45, 7) is 1.25. The van der Waals surface area contributed by atoms with Crippen LogP contribution in [0.2, 0.25) is 0 Å². The Morgan fingerprint density at radius 1 is 0.667 bits per heavy atom. The molecular formula is C16H14O2. The monoisotopic (exact) mass is 238 g/mol. The van der Waals surface area contributed by atoms with Gasteiger partial charge in [-0.1, -0.05) is 54.6 Å². The third-order valence-corrected chi connectivity index (χ3v) is 2.93. The van der Waals surface area contributed by atoms with Gasteiger partial charge in [0.1, 0.15) is 19.5 Å². The number of hydrogen-bond acceptors (Lipinski definition) is 2. The quantitative estimate of drug-likeness (QED) is 0.794. The van der Waals surface area contributed by atoms with Crippen molar-refractivity contribution < 1.29 is 9.47 Å². The van der Waals surface area contributed by atoms with Gasteiger partial charge in [-0.2, -0.15) is 0 Å². The highest BCUT2D eigenvalue weighted by atomic mass is 16.6. The van der Waals surface area contributed by atoms with Crippen LogP contribution in [-0.2, 0) is 9.47 Å². The Labute approximate surface area is 106 Å². The van der Waals surface area contributed by atoms with E-state index in [2.05, 4.69) is 36.4 Å². The zero-order valence-corrected chi connectivity index (χ0v) is 10.0. The SMILES string of the molecule is C1=C(c2ccc(-c3ccccc3)cc2)OCCO1. The number of hydrogen-bond donors (Lipinski definition) is 0. The van der Waals surface area contributed by atoms with E-state index in [1.54, 1.807) is 6.26 Å². The summed E-state index contributed by atoms with van der Waals surface area (Å²) in [5.74, 6) is 0.806. The van der Waals surface area contributed by atoms with Crippen molar-refractivity contribution in [2.45, 2.75) is 0 Å². The first-order chi connectivity index (χ1) is 8.93. The Morgan fingerprint density at radius 3 is 2.00 bits per heavy atom. The van der Waals surface area contributed by atoms with E-state index in [4.69, 9.17) is 9.47 Å². The van der Waals surface area contributed by atoms with E-state index in [-0.39, 0.29) is 0 Å². The van der Waals surface area contributed by atoms with Crippen LogP contribution in [0.1, 0.15) is 5.56 Å². The summed E-state index contributed by atoms with van der Waals surface area (Å²) >= 11 is 0. The van der Waals surface area contributed by atoms with Crippen molar-refractivity contribution in [3.05, 3.63) is 66.4 Å². The molecule has 0 atom stereocenters. The van der Waals surface area contributed by atoms with E-state index in [9.17, 15) is 0 Å². The highest BCUT2D eigenvalue weighted by Crippen LogP contribution is 2.23. The van der Waals surface area contributed by atoms with E-state index in [0.29, 0.717) is 13.2 Å². The molecule has 0 saturated heterocycles. The molecule has 0 fully saturated rings. The largest absolute Gasteiger partial charge is 0.494 e. The molecule has 0 saturated carbocycles. The second kappa shape index (κ2) is 4.96. The third kappa shape index (κ3) is 2.23. The molecule has 0 aromatic heterocycles. The predicted molar refractivity (Wildman–Crippen MR) is 71.8 cm³/mol. The number of rotatable bonds is 2. The average Bonchev–Trinajstić information content (AvgIpc) is 2.49. The lowest BCUT2D eigenvalue weighted by atomic mass is 10.0. The van der Waals surface area contributed by atoms with E-state index in [1.807, 2.05) is 18.2 Å². The highest BCUT2D eigenvalue weighted by Gasteiger charge is 2.08. The van der Waals surface area contributed by atoms with Crippen LogP contribution in [0, 0.1) is 0 Å². The van der Waals surface area contributed by atoms with E-state index >= 15 is 0 Å². The maximum atomic E-state index is 5.55. The molecule has 1 aliphatic heterocycles. The Morgan fingerprint density at radius 2 is 1.33 bits per heavy atom. The summed E-state index contributed by atoms with van der Waals surface area (Å²) in [5.41, 5.74) is 3.48. The van der Waals surface area contributed by atoms with Gasteiger partial charge in [-0.3, -0.25) is 0 Å². The predicted octanol–water partition coefficient (Wildman–Crippen LogP) is 3.70. The van der Waals surface area contributed by atoms with Crippen LogP contribution in [0.4, 0.5) is 0 Å². The van der Waals surface area contributed by atoms with E-state index < -0.39 is 0 Å². The standard InChI is InChI=1S/C16H14O2/c1-2-4-13(5-3-1)14-6-8-15(9-7-14)16-12-17-10-11-18-16/h1-9,12H,10-11H2. The molecular weight excluding hydrogens is 224 g/mol. The Bertz CT molecular complexity index is 541. The van der Waals surface area contributed by atoms with Crippen LogP contribution in [0.25, 0.3) is 16.9 Å². The zero-order chi connectivity index (χ0) is 12.2. The van der Waals surface area contributed by atoms with Gasteiger partial charge in [-0.05, 0) is 11.1 Å². The second-order valence-electron chi connectivity index (χ2n) is 4.14. The van der Waals surface area contributed by atoms with Gasteiger partial charge in [-0.15, -0.1) is 0 Å². The minimum atomic E-state index is 0.617. The minimum Gasteiger partial charge on any atom is -0.494 e. The first-order valence-electron chi connectivity index (χ1n) is 6.04. The maximum absolute atomic E-state index is 5.55. The van der Waals surface area contributed by atoms with Crippen LogP contribution >= 0.6 is 0 Å². The molecule has 0 radical (unpaired) electrons. The van der Waals surface area contributed by atoms with Gasteiger partial charge in [0, 0.05) is 5.56 Å². The molecule has 0 aliphatic carbocycles. The topological polar surface area (TPSA) is 18.5 Å². The smallest absolute Gasteiger partial charge is 0.161 e. The summed E-state index contributed by atoms with van der Waals surface area (Å²) in [6.07, 6.45) is 1.68. The van der Waals surface area contributed by atoms with Crippen molar-refractivity contribution in [2.75, 3.05) is 13.2 Å². The molecule has 0 unspecified atom stereocenters. The van der Waals surface area contributed by atoms with Crippen molar-refractivity contribution in [1.29, 1.82) is 0 Å². The summed E-state index contributed by atoms with van der Waals surface area (Å²) in [6, 6.07) is 18.6. The molecule has 0 bridgehead atoms. The first kappa shape index (κ1) is 10.9. The average molecular weight is 238 g/mol. The Balaban J connectivity index is 1.87.